The van der Waals surface area contributed by atoms with Gasteiger partial charge < -0.3 is 0 Å². The third-order valence-corrected chi connectivity index (χ3v) is 3.41. The lowest BCUT2D eigenvalue weighted by Crippen LogP contribution is -1.76. The van der Waals surface area contributed by atoms with E-state index in [-0.39, 0.29) is 0 Å². The summed E-state index contributed by atoms with van der Waals surface area (Å²) in [5.74, 6) is 0. The molecule has 0 atom stereocenters. The summed E-state index contributed by atoms with van der Waals surface area (Å²) in [6, 6.07) is 4.01. The van der Waals surface area contributed by atoms with Gasteiger partial charge in [0.1, 0.15) is 0 Å². The molecule has 0 aliphatic heterocycles. The van der Waals surface area contributed by atoms with Crippen molar-refractivity contribution < 1.29 is 0 Å². The van der Waals surface area contributed by atoms with Crippen LogP contribution in [0.25, 0.3) is 0 Å². The summed E-state index contributed by atoms with van der Waals surface area (Å²) in [7, 11) is 0. The first-order valence-electron chi connectivity index (χ1n) is 2.76. The molecule has 0 N–H and O–H groups in total. The predicted octanol–water partition coefficient (Wildman–Crippen LogP) is 3.81. The van der Waals surface area contributed by atoms with Gasteiger partial charge >= 0.3 is 0 Å². The lowest BCUT2D eigenvalue weighted by Gasteiger charge is -2.00. The number of benzene rings is 1. The zero-order valence-corrected chi connectivity index (χ0v) is 9.42. The van der Waals surface area contributed by atoms with E-state index in [1.165, 1.54) is 5.56 Å². The summed E-state index contributed by atoms with van der Waals surface area (Å²) in [5.41, 5.74) is 1.20. The molecule has 0 fully saturated rings. The van der Waals surface area contributed by atoms with Gasteiger partial charge in [0.2, 0.25) is 0 Å². The fourth-order valence-electron chi connectivity index (χ4n) is 0.642. The molecule has 0 heterocycles. The first kappa shape index (κ1) is 8.62. The van der Waals surface area contributed by atoms with E-state index in [2.05, 4.69) is 44.5 Å². The van der Waals surface area contributed by atoms with Crippen molar-refractivity contribution in [2.45, 2.75) is 11.8 Å². The SMILES string of the molecule is Cc1cc(S)c(Br)cc1Br. The lowest BCUT2D eigenvalue weighted by molar-refractivity contribution is 1.31. The number of rotatable bonds is 0. The fourth-order valence-corrected chi connectivity index (χ4v) is 1.89. The molecule has 0 bridgehead atoms. The van der Waals surface area contributed by atoms with Crippen LogP contribution in [0.5, 0.6) is 0 Å². The van der Waals surface area contributed by atoms with Crippen LogP contribution in [-0.4, -0.2) is 0 Å². The van der Waals surface area contributed by atoms with Crippen LogP contribution in [0.1, 0.15) is 5.56 Å². The van der Waals surface area contributed by atoms with Crippen molar-refractivity contribution in [2.75, 3.05) is 0 Å². The largest absolute Gasteiger partial charge is 0.142 e. The Hall–Kier alpha value is 0.530. The summed E-state index contributed by atoms with van der Waals surface area (Å²) in [6.45, 7) is 2.04. The molecule has 1 aromatic carbocycles. The average molecular weight is 282 g/mol. The average Bonchev–Trinajstić information content (AvgIpc) is 1.84. The van der Waals surface area contributed by atoms with E-state index in [0.29, 0.717) is 0 Å². The van der Waals surface area contributed by atoms with Crippen molar-refractivity contribution in [3.63, 3.8) is 0 Å². The molecule has 1 rings (SSSR count). The lowest BCUT2D eigenvalue weighted by atomic mass is 10.2. The van der Waals surface area contributed by atoms with Gasteiger partial charge in [0.05, 0.1) is 0 Å². The summed E-state index contributed by atoms with van der Waals surface area (Å²) in [4.78, 5) is 0.973. The second-order valence-corrected chi connectivity index (χ2v) is 4.24. The quantitative estimate of drug-likeness (QED) is 0.687. The van der Waals surface area contributed by atoms with Crippen LogP contribution < -0.4 is 0 Å². The van der Waals surface area contributed by atoms with Gasteiger partial charge in [-0.25, -0.2) is 0 Å². The molecule has 0 saturated heterocycles. The van der Waals surface area contributed by atoms with Gasteiger partial charge in [-0.3, -0.25) is 0 Å². The Morgan fingerprint density at radius 3 is 2.30 bits per heavy atom. The van der Waals surface area contributed by atoms with Gasteiger partial charge in [-0.05, 0) is 40.5 Å². The van der Waals surface area contributed by atoms with Crippen molar-refractivity contribution in [2.24, 2.45) is 0 Å². The van der Waals surface area contributed by atoms with E-state index in [1.54, 1.807) is 0 Å². The maximum Gasteiger partial charge on any atom is 0.0320 e. The molecule has 0 amide bonds. The minimum atomic E-state index is 0.973. The maximum absolute atomic E-state index is 4.25. The van der Waals surface area contributed by atoms with Crippen molar-refractivity contribution in [1.29, 1.82) is 0 Å². The van der Waals surface area contributed by atoms with Crippen molar-refractivity contribution in [3.8, 4) is 0 Å². The van der Waals surface area contributed by atoms with Crippen LogP contribution >= 0.6 is 44.5 Å². The van der Waals surface area contributed by atoms with Gasteiger partial charge in [0.25, 0.3) is 0 Å². The van der Waals surface area contributed by atoms with E-state index in [1.807, 2.05) is 19.1 Å². The molecular formula is C7H6Br2S. The Morgan fingerprint density at radius 2 is 1.80 bits per heavy atom. The summed E-state index contributed by atoms with van der Waals surface area (Å²) in [5, 5.41) is 0. The summed E-state index contributed by atoms with van der Waals surface area (Å²) >= 11 is 11.0. The molecule has 0 unspecified atom stereocenters. The van der Waals surface area contributed by atoms with Crippen LogP contribution in [0.4, 0.5) is 0 Å². The van der Waals surface area contributed by atoms with Crippen molar-refractivity contribution >= 4 is 44.5 Å². The Kier molecular flexibility index (Phi) is 2.83. The highest BCUT2D eigenvalue weighted by atomic mass is 79.9. The molecule has 3 heteroatoms. The highest BCUT2D eigenvalue weighted by Crippen LogP contribution is 2.27. The van der Waals surface area contributed by atoms with Crippen LogP contribution in [-0.2, 0) is 0 Å². The molecule has 0 aliphatic carbocycles. The first-order chi connectivity index (χ1) is 4.61. The normalized spacial score (nSPS) is 10.0. The maximum atomic E-state index is 4.25. The zero-order valence-electron chi connectivity index (χ0n) is 5.36. The molecule has 1 aromatic rings. The standard InChI is InChI=1S/C7H6Br2S/c1-4-2-7(10)6(9)3-5(4)8/h2-3,10H,1H3. The molecule has 0 aromatic heterocycles. The Labute approximate surface area is 82.7 Å². The van der Waals surface area contributed by atoms with E-state index >= 15 is 0 Å². The van der Waals surface area contributed by atoms with Crippen LogP contribution in [0.2, 0.25) is 0 Å². The molecule has 0 aliphatic rings. The molecule has 0 spiro atoms. The summed E-state index contributed by atoms with van der Waals surface area (Å²) < 4.78 is 2.13. The minimum Gasteiger partial charge on any atom is -0.142 e. The van der Waals surface area contributed by atoms with E-state index in [0.717, 1.165) is 13.8 Å². The third kappa shape index (κ3) is 1.77. The first-order valence-corrected chi connectivity index (χ1v) is 4.79. The monoisotopic (exact) mass is 280 g/mol. The van der Waals surface area contributed by atoms with Gasteiger partial charge in [-0.15, -0.1) is 12.6 Å². The number of hydrogen-bond acceptors (Lipinski definition) is 1. The number of aryl methyl sites for hydroxylation is 1. The van der Waals surface area contributed by atoms with E-state index in [9.17, 15) is 0 Å². The van der Waals surface area contributed by atoms with Crippen molar-refractivity contribution in [3.05, 3.63) is 26.6 Å². The Balaban J connectivity index is 3.28. The number of hydrogen-bond donors (Lipinski definition) is 1. The summed E-state index contributed by atoms with van der Waals surface area (Å²) in [6.07, 6.45) is 0. The van der Waals surface area contributed by atoms with Gasteiger partial charge in [0, 0.05) is 13.8 Å². The molecule has 0 radical (unpaired) electrons. The van der Waals surface area contributed by atoms with E-state index < -0.39 is 0 Å². The smallest absolute Gasteiger partial charge is 0.0320 e. The second kappa shape index (κ2) is 3.28. The van der Waals surface area contributed by atoms with Crippen LogP contribution in [0.15, 0.2) is 26.0 Å². The zero-order chi connectivity index (χ0) is 7.72. The molecule has 10 heavy (non-hydrogen) atoms. The fraction of sp³-hybridized carbons (Fsp3) is 0.143. The minimum absolute atomic E-state index is 0.973. The molecule has 54 valence electrons. The Bertz CT molecular complexity index is 208. The molecular weight excluding hydrogens is 276 g/mol. The van der Waals surface area contributed by atoms with Gasteiger partial charge in [-0.1, -0.05) is 15.9 Å². The highest BCUT2D eigenvalue weighted by molar-refractivity contribution is 9.11. The van der Waals surface area contributed by atoms with Crippen LogP contribution in [0, 0.1) is 6.92 Å². The predicted molar refractivity (Wildman–Crippen MR) is 53.8 cm³/mol. The van der Waals surface area contributed by atoms with Gasteiger partial charge in [-0.2, -0.15) is 0 Å². The topological polar surface area (TPSA) is 0 Å². The van der Waals surface area contributed by atoms with Gasteiger partial charge in [0.15, 0.2) is 0 Å². The second-order valence-electron chi connectivity index (χ2n) is 2.05. The molecule has 0 saturated carbocycles. The number of halogens is 2. The van der Waals surface area contributed by atoms with Crippen LogP contribution in [0.3, 0.4) is 0 Å². The Morgan fingerprint density at radius 1 is 1.20 bits per heavy atom. The number of thiol groups is 1. The van der Waals surface area contributed by atoms with E-state index in [4.69, 9.17) is 0 Å². The highest BCUT2D eigenvalue weighted by Gasteiger charge is 1.98. The van der Waals surface area contributed by atoms with Crippen molar-refractivity contribution in [1.82, 2.24) is 0 Å². The third-order valence-electron chi connectivity index (χ3n) is 1.23. The molecule has 0 nitrogen and oxygen atoms in total.